The first kappa shape index (κ1) is 13.1. The number of benzene rings is 1. The zero-order valence-corrected chi connectivity index (χ0v) is 10.1. The molecule has 1 N–H and O–H groups in total. The van der Waals surface area contributed by atoms with E-state index < -0.39 is 11.9 Å². The number of methoxy groups -OCH3 is 1. The summed E-state index contributed by atoms with van der Waals surface area (Å²) in [6.07, 6.45) is 0. The quantitative estimate of drug-likeness (QED) is 0.626. The van der Waals surface area contributed by atoms with Gasteiger partial charge in [0.05, 0.1) is 23.6 Å². The van der Waals surface area contributed by atoms with Crippen LogP contribution < -0.4 is 10.4 Å². The Morgan fingerprint density at radius 1 is 1.29 bits per heavy atom. The molecule has 1 aromatic carbocycles. The highest BCUT2D eigenvalue weighted by Gasteiger charge is 2.09. The zero-order chi connectivity index (χ0) is 13.0. The maximum Gasteiger partial charge on any atom is 0.337 e. The molecule has 0 aliphatic heterocycles. The van der Waals surface area contributed by atoms with Crippen LogP contribution in [0.15, 0.2) is 18.2 Å². The van der Waals surface area contributed by atoms with E-state index in [-0.39, 0.29) is 11.1 Å². The fraction of sp³-hybridized carbons (Fsp3) is 0.182. The topological polar surface area (TPSA) is 78.5 Å². The van der Waals surface area contributed by atoms with Crippen molar-refractivity contribution in [1.29, 1.82) is 0 Å². The lowest BCUT2D eigenvalue weighted by Gasteiger charge is -2.10. The number of carbonyl (C=O) groups is 2. The number of hydrogen-bond acceptors (Lipinski definition) is 5. The fourth-order valence-corrected chi connectivity index (χ4v) is 1.37. The first-order valence-corrected chi connectivity index (χ1v) is 5.07. The zero-order valence-electron chi connectivity index (χ0n) is 9.27. The molecule has 0 aromatic heterocycles. The third kappa shape index (κ3) is 3.53. The molecular formula is C11H10NO4S-. The van der Waals surface area contributed by atoms with Crippen molar-refractivity contribution in [2.45, 2.75) is 6.92 Å². The molecule has 0 saturated carbocycles. The number of hydrogen-bond donors (Lipinski definition) is 1. The van der Waals surface area contributed by atoms with E-state index in [0.29, 0.717) is 10.7 Å². The van der Waals surface area contributed by atoms with E-state index in [0.717, 1.165) is 0 Å². The molecule has 0 saturated heterocycles. The smallest absolute Gasteiger partial charge is 0.337 e. The first-order chi connectivity index (χ1) is 7.93. The molecule has 5 nitrogen and oxygen atoms in total. The van der Waals surface area contributed by atoms with Gasteiger partial charge >= 0.3 is 5.97 Å². The number of thiocarbonyl (C=S) groups is 1. The van der Waals surface area contributed by atoms with E-state index in [4.69, 9.17) is 12.2 Å². The highest BCUT2D eigenvalue weighted by atomic mass is 32.1. The lowest BCUT2D eigenvalue weighted by molar-refractivity contribution is -0.255. The van der Waals surface area contributed by atoms with Crippen molar-refractivity contribution in [3.63, 3.8) is 0 Å². The summed E-state index contributed by atoms with van der Waals surface area (Å²) in [6, 6.07) is 3.97. The van der Waals surface area contributed by atoms with Crippen LogP contribution in [0.4, 0.5) is 5.69 Å². The molecule has 0 aliphatic carbocycles. The molecule has 0 atom stereocenters. The lowest BCUT2D eigenvalue weighted by Crippen LogP contribution is -2.23. The van der Waals surface area contributed by atoms with Crippen molar-refractivity contribution in [1.82, 2.24) is 0 Å². The van der Waals surface area contributed by atoms with Gasteiger partial charge in [-0.05, 0) is 25.1 Å². The number of carbonyl (C=O) groups excluding carboxylic acids is 2. The summed E-state index contributed by atoms with van der Waals surface area (Å²) in [5, 5.41) is 13.5. The predicted octanol–water partition coefficient (Wildman–Crippen LogP) is 0.596. The van der Waals surface area contributed by atoms with Crippen LogP contribution in [-0.2, 0) is 4.74 Å². The molecule has 0 aliphatic rings. The summed E-state index contributed by atoms with van der Waals surface area (Å²) in [7, 11) is 1.21. The molecule has 0 heterocycles. The number of esters is 1. The lowest BCUT2D eigenvalue weighted by atomic mass is 10.1. The van der Waals surface area contributed by atoms with Crippen molar-refractivity contribution in [3.05, 3.63) is 29.3 Å². The summed E-state index contributed by atoms with van der Waals surface area (Å²) in [5.41, 5.74) is 0.402. The van der Waals surface area contributed by atoms with Crippen LogP contribution in [0, 0.1) is 0 Å². The minimum Gasteiger partial charge on any atom is -0.545 e. The summed E-state index contributed by atoms with van der Waals surface area (Å²) in [5.74, 6) is -2.00. The summed E-state index contributed by atoms with van der Waals surface area (Å²) < 4.78 is 4.52. The van der Waals surface area contributed by atoms with Crippen LogP contribution in [0.1, 0.15) is 27.6 Å². The second kappa shape index (κ2) is 5.40. The highest BCUT2D eigenvalue weighted by Crippen LogP contribution is 2.16. The van der Waals surface area contributed by atoms with Gasteiger partial charge in [0.1, 0.15) is 0 Å². The third-order valence-corrected chi connectivity index (χ3v) is 2.01. The second-order valence-electron chi connectivity index (χ2n) is 3.26. The predicted molar refractivity (Wildman–Crippen MR) is 64.0 cm³/mol. The number of ether oxygens (including phenoxy) is 1. The van der Waals surface area contributed by atoms with E-state index in [9.17, 15) is 14.7 Å². The molecular weight excluding hydrogens is 242 g/mol. The molecule has 0 unspecified atom stereocenters. The summed E-state index contributed by atoms with van der Waals surface area (Å²) in [6.45, 7) is 1.64. The Morgan fingerprint density at radius 3 is 2.35 bits per heavy atom. The van der Waals surface area contributed by atoms with Crippen LogP contribution in [0.3, 0.4) is 0 Å². The Hall–Kier alpha value is -1.95. The number of anilines is 1. The third-order valence-electron chi connectivity index (χ3n) is 1.91. The van der Waals surface area contributed by atoms with Gasteiger partial charge in [-0.25, -0.2) is 4.79 Å². The van der Waals surface area contributed by atoms with Gasteiger partial charge in [-0.1, -0.05) is 12.2 Å². The molecule has 0 radical (unpaired) electrons. The van der Waals surface area contributed by atoms with Crippen LogP contribution in [0.5, 0.6) is 0 Å². The van der Waals surface area contributed by atoms with Gasteiger partial charge in [-0.2, -0.15) is 0 Å². The number of aromatic carboxylic acids is 1. The number of carboxylic acid groups (broad SMARTS) is 1. The van der Waals surface area contributed by atoms with Gasteiger partial charge < -0.3 is 20.0 Å². The van der Waals surface area contributed by atoms with Crippen LogP contribution >= 0.6 is 12.2 Å². The van der Waals surface area contributed by atoms with E-state index in [1.54, 1.807) is 6.92 Å². The Morgan fingerprint density at radius 2 is 1.88 bits per heavy atom. The summed E-state index contributed by atoms with van der Waals surface area (Å²) in [4.78, 5) is 22.6. The Kier molecular flexibility index (Phi) is 4.17. The number of carboxylic acids is 1. The molecule has 0 fully saturated rings. The minimum absolute atomic E-state index is 0.118. The van der Waals surface area contributed by atoms with E-state index in [1.807, 2.05) is 0 Å². The number of nitrogens with one attached hydrogen (secondary N) is 1. The molecule has 90 valence electrons. The highest BCUT2D eigenvalue weighted by molar-refractivity contribution is 7.80. The number of rotatable bonds is 3. The van der Waals surface area contributed by atoms with Gasteiger partial charge in [0.2, 0.25) is 0 Å². The standard InChI is InChI=1S/C11H11NO4S/c1-6(17)12-9-4-7(10(13)14)3-8(5-9)11(15)16-2/h3-5H,1-2H3,(H,12,17)(H,13,14)/p-1. The normalized spacial score (nSPS) is 9.53. The van der Waals surface area contributed by atoms with Gasteiger partial charge in [0.15, 0.2) is 0 Å². The fourth-order valence-electron chi connectivity index (χ4n) is 1.26. The summed E-state index contributed by atoms with van der Waals surface area (Å²) >= 11 is 4.83. The molecule has 0 bridgehead atoms. The molecule has 1 aromatic rings. The average molecular weight is 252 g/mol. The van der Waals surface area contributed by atoms with Gasteiger partial charge in [-0.3, -0.25) is 0 Å². The van der Waals surface area contributed by atoms with E-state index in [1.165, 1.54) is 25.3 Å². The monoisotopic (exact) mass is 252 g/mol. The molecule has 17 heavy (non-hydrogen) atoms. The first-order valence-electron chi connectivity index (χ1n) is 4.66. The van der Waals surface area contributed by atoms with E-state index >= 15 is 0 Å². The van der Waals surface area contributed by atoms with Crippen molar-refractivity contribution >= 4 is 34.8 Å². The largest absolute Gasteiger partial charge is 0.545 e. The molecule has 0 amide bonds. The Labute approximate surface area is 103 Å². The Balaban J connectivity index is 3.23. The minimum atomic E-state index is -1.37. The van der Waals surface area contributed by atoms with Gasteiger partial charge in [0.25, 0.3) is 0 Å². The maximum atomic E-state index is 11.3. The van der Waals surface area contributed by atoms with Crippen LogP contribution in [-0.4, -0.2) is 24.0 Å². The SMILES string of the molecule is COC(=O)c1cc(NC(C)=S)cc(C(=O)[O-])c1. The Bertz CT molecular complexity index is 484. The molecule has 1 rings (SSSR count). The van der Waals surface area contributed by atoms with Crippen LogP contribution in [0.25, 0.3) is 0 Å². The van der Waals surface area contributed by atoms with Gasteiger partial charge in [-0.15, -0.1) is 0 Å². The van der Waals surface area contributed by atoms with Gasteiger partial charge in [0, 0.05) is 11.3 Å². The molecule has 0 spiro atoms. The average Bonchev–Trinajstić information content (AvgIpc) is 2.26. The van der Waals surface area contributed by atoms with Crippen LogP contribution in [0.2, 0.25) is 0 Å². The van der Waals surface area contributed by atoms with Crippen molar-refractivity contribution in [3.8, 4) is 0 Å². The molecule has 6 heteroatoms. The maximum absolute atomic E-state index is 11.3. The van der Waals surface area contributed by atoms with Crippen molar-refractivity contribution in [2.75, 3.05) is 12.4 Å². The van der Waals surface area contributed by atoms with Crippen molar-refractivity contribution < 1.29 is 19.4 Å². The van der Waals surface area contributed by atoms with E-state index in [2.05, 4.69) is 10.1 Å². The second-order valence-corrected chi connectivity index (χ2v) is 3.87. The van der Waals surface area contributed by atoms with Crippen molar-refractivity contribution in [2.24, 2.45) is 0 Å².